The molecule has 0 unspecified atom stereocenters. The number of hydrogen-bond acceptors (Lipinski definition) is 7. The van der Waals surface area contributed by atoms with Gasteiger partial charge in [-0.3, -0.25) is 9.69 Å². The number of carbonyl (C=O) groups is 1. The van der Waals surface area contributed by atoms with Crippen LogP contribution in [0.3, 0.4) is 0 Å². The molecule has 112 valence electrons. The third kappa shape index (κ3) is 3.14. The van der Waals surface area contributed by atoms with Gasteiger partial charge in [0.25, 0.3) is 0 Å². The molecule has 1 fully saturated rings. The molecule has 0 N–H and O–H groups in total. The molecule has 2 aromatic heterocycles. The summed E-state index contributed by atoms with van der Waals surface area (Å²) in [5.41, 5.74) is 1.01. The van der Waals surface area contributed by atoms with Gasteiger partial charge in [-0.2, -0.15) is 0 Å². The smallest absolute Gasteiger partial charge is 0.306 e. The van der Waals surface area contributed by atoms with Crippen LogP contribution in [0.1, 0.15) is 6.42 Å². The Hall–Kier alpha value is -1.73. The summed E-state index contributed by atoms with van der Waals surface area (Å²) in [6.07, 6.45) is 2.09. The summed E-state index contributed by atoms with van der Waals surface area (Å²) >= 11 is 1.68. The number of aromatic nitrogens is 2. The van der Waals surface area contributed by atoms with Crippen LogP contribution in [0.2, 0.25) is 0 Å². The number of hydrogen-bond donors (Lipinski definition) is 0. The van der Waals surface area contributed by atoms with Crippen LogP contribution in [0.4, 0.5) is 5.82 Å². The molecule has 0 spiro atoms. The third-order valence-electron chi connectivity index (χ3n) is 3.76. The Morgan fingerprint density at radius 2 is 2.14 bits per heavy atom. The number of anilines is 1. The van der Waals surface area contributed by atoms with E-state index in [1.807, 2.05) is 6.07 Å². The molecule has 7 heteroatoms. The van der Waals surface area contributed by atoms with Gasteiger partial charge in [0.2, 0.25) is 0 Å². The van der Waals surface area contributed by atoms with Crippen molar-refractivity contribution in [2.45, 2.75) is 6.42 Å². The first-order valence-electron chi connectivity index (χ1n) is 7.00. The van der Waals surface area contributed by atoms with Gasteiger partial charge >= 0.3 is 5.97 Å². The van der Waals surface area contributed by atoms with Gasteiger partial charge in [0, 0.05) is 32.7 Å². The fourth-order valence-electron chi connectivity index (χ4n) is 2.54. The van der Waals surface area contributed by atoms with Gasteiger partial charge in [-0.15, -0.1) is 11.3 Å². The van der Waals surface area contributed by atoms with Gasteiger partial charge in [-0.25, -0.2) is 9.97 Å². The van der Waals surface area contributed by atoms with Crippen molar-refractivity contribution in [2.24, 2.45) is 0 Å². The maximum Gasteiger partial charge on any atom is 0.306 e. The number of rotatable bonds is 4. The van der Waals surface area contributed by atoms with Gasteiger partial charge in [0.1, 0.15) is 12.1 Å². The van der Waals surface area contributed by atoms with E-state index in [-0.39, 0.29) is 5.97 Å². The second-order valence-electron chi connectivity index (χ2n) is 4.99. The van der Waals surface area contributed by atoms with E-state index in [2.05, 4.69) is 29.9 Å². The second kappa shape index (κ2) is 6.36. The number of fused-ring (bicyclic) bond motifs is 1. The number of ether oxygens (including phenoxy) is 1. The summed E-state index contributed by atoms with van der Waals surface area (Å²) in [4.78, 5) is 24.5. The molecule has 3 rings (SSSR count). The molecule has 0 atom stereocenters. The van der Waals surface area contributed by atoms with Crippen LogP contribution >= 0.6 is 11.3 Å². The predicted molar refractivity (Wildman–Crippen MR) is 82.7 cm³/mol. The summed E-state index contributed by atoms with van der Waals surface area (Å²) in [5, 5.41) is 2.05. The lowest BCUT2D eigenvalue weighted by Gasteiger charge is -2.35. The summed E-state index contributed by atoms with van der Waals surface area (Å²) in [6.45, 7) is 4.48. The van der Waals surface area contributed by atoms with E-state index >= 15 is 0 Å². The SMILES string of the molecule is COC(=O)CCN1CCN(c2ncnc3ccsc23)CC1. The van der Waals surface area contributed by atoms with E-state index in [9.17, 15) is 4.79 Å². The van der Waals surface area contributed by atoms with Gasteiger partial charge in [-0.1, -0.05) is 0 Å². The summed E-state index contributed by atoms with van der Waals surface area (Å²) in [5.74, 6) is 0.885. The molecule has 2 aromatic rings. The minimum atomic E-state index is -0.145. The summed E-state index contributed by atoms with van der Waals surface area (Å²) in [7, 11) is 1.43. The highest BCUT2D eigenvalue weighted by atomic mass is 32.1. The highest BCUT2D eigenvalue weighted by Crippen LogP contribution is 2.28. The number of piperazine rings is 1. The Labute approximate surface area is 127 Å². The predicted octanol–water partition coefficient (Wildman–Crippen LogP) is 1.38. The number of thiophene rings is 1. The van der Waals surface area contributed by atoms with Crippen molar-refractivity contribution in [1.82, 2.24) is 14.9 Å². The normalized spacial score (nSPS) is 16.3. The first-order valence-corrected chi connectivity index (χ1v) is 7.88. The van der Waals surface area contributed by atoms with Crippen molar-refractivity contribution in [1.29, 1.82) is 0 Å². The first-order chi connectivity index (χ1) is 10.3. The standard InChI is InChI=1S/C14H18N4O2S/c1-20-12(19)2-4-17-5-7-18(8-6-17)14-13-11(3-9-21-13)15-10-16-14/h3,9-10H,2,4-8H2,1H3. The molecule has 1 saturated heterocycles. The van der Waals surface area contributed by atoms with Crippen molar-refractivity contribution in [2.75, 3.05) is 44.7 Å². The van der Waals surface area contributed by atoms with Crippen LogP contribution in [-0.4, -0.2) is 60.7 Å². The lowest BCUT2D eigenvalue weighted by atomic mass is 10.3. The second-order valence-corrected chi connectivity index (χ2v) is 5.90. The Morgan fingerprint density at radius 1 is 1.33 bits per heavy atom. The van der Waals surface area contributed by atoms with E-state index < -0.39 is 0 Å². The number of esters is 1. The molecular formula is C14H18N4O2S. The molecule has 0 saturated carbocycles. The first kappa shape index (κ1) is 14.2. The topological polar surface area (TPSA) is 58.6 Å². The van der Waals surface area contributed by atoms with Crippen molar-refractivity contribution < 1.29 is 9.53 Å². The molecule has 1 aliphatic heterocycles. The van der Waals surface area contributed by atoms with Gasteiger partial charge in [-0.05, 0) is 11.4 Å². The van der Waals surface area contributed by atoms with Gasteiger partial charge in [0.05, 0.1) is 23.7 Å². The van der Waals surface area contributed by atoms with Crippen molar-refractivity contribution >= 4 is 33.3 Å². The molecule has 0 amide bonds. The van der Waals surface area contributed by atoms with Crippen molar-refractivity contribution in [3.8, 4) is 0 Å². The fraction of sp³-hybridized carbons (Fsp3) is 0.500. The monoisotopic (exact) mass is 306 g/mol. The molecular weight excluding hydrogens is 288 g/mol. The average molecular weight is 306 g/mol. The van der Waals surface area contributed by atoms with E-state index in [4.69, 9.17) is 0 Å². The Morgan fingerprint density at radius 3 is 2.90 bits per heavy atom. The molecule has 0 radical (unpaired) electrons. The summed E-state index contributed by atoms with van der Waals surface area (Å²) in [6, 6.07) is 2.03. The Bertz CT molecular complexity index is 622. The largest absolute Gasteiger partial charge is 0.469 e. The molecule has 3 heterocycles. The zero-order valence-corrected chi connectivity index (χ0v) is 12.8. The maximum atomic E-state index is 11.2. The number of carbonyl (C=O) groups excluding carboxylic acids is 1. The Kier molecular flexibility index (Phi) is 4.31. The molecule has 0 aromatic carbocycles. The quantitative estimate of drug-likeness (QED) is 0.795. The van der Waals surface area contributed by atoms with Crippen LogP contribution in [0.5, 0.6) is 0 Å². The van der Waals surface area contributed by atoms with Crippen molar-refractivity contribution in [3.63, 3.8) is 0 Å². The minimum Gasteiger partial charge on any atom is -0.469 e. The van der Waals surface area contributed by atoms with E-state index in [0.29, 0.717) is 6.42 Å². The lowest BCUT2D eigenvalue weighted by molar-refractivity contribution is -0.141. The third-order valence-corrected chi connectivity index (χ3v) is 4.66. The van der Waals surface area contributed by atoms with Crippen LogP contribution in [-0.2, 0) is 9.53 Å². The zero-order valence-electron chi connectivity index (χ0n) is 12.0. The highest BCUT2D eigenvalue weighted by Gasteiger charge is 2.20. The van der Waals surface area contributed by atoms with Crippen LogP contribution in [0.15, 0.2) is 17.8 Å². The van der Waals surface area contributed by atoms with Gasteiger partial charge in [0.15, 0.2) is 0 Å². The molecule has 21 heavy (non-hydrogen) atoms. The van der Waals surface area contributed by atoms with Crippen LogP contribution in [0, 0.1) is 0 Å². The van der Waals surface area contributed by atoms with E-state index in [1.54, 1.807) is 17.7 Å². The number of methoxy groups -OCH3 is 1. The van der Waals surface area contributed by atoms with Crippen LogP contribution in [0.25, 0.3) is 10.2 Å². The Balaban J connectivity index is 1.61. The van der Waals surface area contributed by atoms with Crippen LogP contribution < -0.4 is 4.90 Å². The highest BCUT2D eigenvalue weighted by molar-refractivity contribution is 7.17. The van der Waals surface area contributed by atoms with E-state index in [1.165, 1.54) is 7.11 Å². The average Bonchev–Trinajstić information content (AvgIpc) is 3.01. The zero-order chi connectivity index (χ0) is 14.7. The minimum absolute atomic E-state index is 0.145. The fourth-order valence-corrected chi connectivity index (χ4v) is 3.40. The lowest BCUT2D eigenvalue weighted by Crippen LogP contribution is -2.47. The maximum absolute atomic E-state index is 11.2. The molecule has 1 aliphatic rings. The molecule has 6 nitrogen and oxygen atoms in total. The van der Waals surface area contributed by atoms with Crippen molar-refractivity contribution in [3.05, 3.63) is 17.8 Å². The number of nitrogens with zero attached hydrogens (tertiary/aromatic N) is 4. The van der Waals surface area contributed by atoms with Gasteiger partial charge < -0.3 is 9.64 Å². The molecule has 0 bridgehead atoms. The molecule has 0 aliphatic carbocycles. The summed E-state index contributed by atoms with van der Waals surface area (Å²) < 4.78 is 5.83. The van der Waals surface area contributed by atoms with E-state index in [0.717, 1.165) is 48.8 Å².